The van der Waals surface area contributed by atoms with Crippen molar-refractivity contribution in [1.29, 1.82) is 0 Å². The number of methoxy groups -OCH3 is 1. The first-order valence-corrected chi connectivity index (χ1v) is 7.26. The largest absolute Gasteiger partial charge is 0.496 e. The first kappa shape index (κ1) is 17.8. The number of para-hydroxylation sites is 1. The van der Waals surface area contributed by atoms with E-state index in [1.54, 1.807) is 7.11 Å². The zero-order valence-electron chi connectivity index (χ0n) is 13.0. The van der Waals surface area contributed by atoms with E-state index >= 15 is 0 Å². The Kier molecular flexibility index (Phi) is 6.99. The highest BCUT2D eigenvalue weighted by Crippen LogP contribution is 2.29. The SMILES string of the molecule is COc1ccccc1C(C)CC(=O)N1CCNCC1C.Cl. The molecule has 1 saturated heterocycles. The number of halogens is 1. The van der Waals surface area contributed by atoms with Crippen LogP contribution in [-0.4, -0.2) is 43.6 Å². The summed E-state index contributed by atoms with van der Waals surface area (Å²) < 4.78 is 5.38. The van der Waals surface area contributed by atoms with Crippen LogP contribution in [0.3, 0.4) is 0 Å². The highest BCUT2D eigenvalue weighted by Gasteiger charge is 2.25. The highest BCUT2D eigenvalue weighted by atomic mass is 35.5. The number of nitrogens with one attached hydrogen (secondary N) is 1. The molecule has 4 nitrogen and oxygen atoms in total. The molecule has 1 aliphatic heterocycles. The fourth-order valence-electron chi connectivity index (χ4n) is 2.77. The van der Waals surface area contributed by atoms with Crippen molar-refractivity contribution in [3.05, 3.63) is 29.8 Å². The fourth-order valence-corrected chi connectivity index (χ4v) is 2.77. The Morgan fingerprint density at radius 1 is 1.48 bits per heavy atom. The molecule has 1 amide bonds. The van der Waals surface area contributed by atoms with Crippen LogP contribution in [0.15, 0.2) is 24.3 Å². The summed E-state index contributed by atoms with van der Waals surface area (Å²) in [4.78, 5) is 14.4. The molecule has 1 fully saturated rings. The predicted molar refractivity (Wildman–Crippen MR) is 87.3 cm³/mol. The lowest BCUT2D eigenvalue weighted by Gasteiger charge is -2.34. The molecule has 118 valence electrons. The summed E-state index contributed by atoms with van der Waals surface area (Å²) in [7, 11) is 1.67. The third kappa shape index (κ3) is 4.35. The van der Waals surface area contributed by atoms with Gasteiger partial charge in [0.05, 0.1) is 7.11 Å². The lowest BCUT2D eigenvalue weighted by atomic mass is 9.95. The average Bonchev–Trinajstić information content (AvgIpc) is 2.47. The van der Waals surface area contributed by atoms with Crippen molar-refractivity contribution < 1.29 is 9.53 Å². The summed E-state index contributed by atoms with van der Waals surface area (Å²) in [6, 6.07) is 8.21. The second-order valence-electron chi connectivity index (χ2n) is 5.49. The van der Waals surface area contributed by atoms with Gasteiger partial charge in [-0.3, -0.25) is 4.79 Å². The van der Waals surface area contributed by atoms with Crippen molar-refractivity contribution >= 4 is 18.3 Å². The van der Waals surface area contributed by atoms with E-state index in [4.69, 9.17) is 4.74 Å². The second-order valence-corrected chi connectivity index (χ2v) is 5.49. The van der Waals surface area contributed by atoms with Crippen LogP contribution in [0, 0.1) is 0 Å². The van der Waals surface area contributed by atoms with Crippen LogP contribution >= 0.6 is 12.4 Å². The van der Waals surface area contributed by atoms with Gasteiger partial charge in [0.25, 0.3) is 0 Å². The van der Waals surface area contributed by atoms with Crippen molar-refractivity contribution in [3.63, 3.8) is 0 Å². The molecule has 1 heterocycles. The molecular formula is C16H25ClN2O2. The van der Waals surface area contributed by atoms with Gasteiger partial charge in [-0.15, -0.1) is 12.4 Å². The minimum atomic E-state index is 0. The minimum absolute atomic E-state index is 0. The summed E-state index contributed by atoms with van der Waals surface area (Å²) in [6.45, 7) is 6.76. The van der Waals surface area contributed by atoms with E-state index in [1.807, 2.05) is 29.2 Å². The molecule has 0 bridgehead atoms. The van der Waals surface area contributed by atoms with Crippen LogP contribution in [0.2, 0.25) is 0 Å². The van der Waals surface area contributed by atoms with E-state index in [0.29, 0.717) is 6.42 Å². The van der Waals surface area contributed by atoms with Gasteiger partial charge in [-0.1, -0.05) is 25.1 Å². The zero-order chi connectivity index (χ0) is 14.5. The fraction of sp³-hybridized carbons (Fsp3) is 0.562. The molecule has 2 unspecified atom stereocenters. The number of rotatable bonds is 4. The number of benzene rings is 1. The Morgan fingerprint density at radius 3 is 2.86 bits per heavy atom. The van der Waals surface area contributed by atoms with Crippen molar-refractivity contribution in [1.82, 2.24) is 10.2 Å². The van der Waals surface area contributed by atoms with E-state index in [2.05, 4.69) is 19.2 Å². The number of ether oxygens (including phenoxy) is 1. The number of piperazine rings is 1. The molecule has 1 aromatic carbocycles. The molecule has 1 aliphatic rings. The maximum absolute atomic E-state index is 12.4. The summed E-state index contributed by atoms with van der Waals surface area (Å²) in [6.07, 6.45) is 0.532. The maximum atomic E-state index is 12.4. The number of hydrogen-bond acceptors (Lipinski definition) is 3. The van der Waals surface area contributed by atoms with Crippen LogP contribution in [0.4, 0.5) is 0 Å². The molecule has 0 aromatic heterocycles. The predicted octanol–water partition coefficient (Wildman–Crippen LogP) is 2.43. The maximum Gasteiger partial charge on any atom is 0.223 e. The lowest BCUT2D eigenvalue weighted by Crippen LogP contribution is -2.52. The third-order valence-electron chi connectivity index (χ3n) is 3.97. The van der Waals surface area contributed by atoms with Gasteiger partial charge < -0.3 is 15.0 Å². The highest BCUT2D eigenvalue weighted by molar-refractivity contribution is 5.85. The van der Waals surface area contributed by atoms with Crippen LogP contribution in [-0.2, 0) is 4.79 Å². The summed E-state index contributed by atoms with van der Waals surface area (Å²) in [5.74, 6) is 1.26. The summed E-state index contributed by atoms with van der Waals surface area (Å²) >= 11 is 0. The molecule has 1 aromatic rings. The van der Waals surface area contributed by atoms with Gasteiger partial charge in [-0.05, 0) is 24.5 Å². The van der Waals surface area contributed by atoms with E-state index in [9.17, 15) is 4.79 Å². The molecule has 2 atom stereocenters. The number of carbonyl (C=O) groups excluding carboxylic acids is 1. The topological polar surface area (TPSA) is 41.6 Å². The van der Waals surface area contributed by atoms with Crippen molar-refractivity contribution in [2.24, 2.45) is 0 Å². The van der Waals surface area contributed by atoms with E-state index in [1.165, 1.54) is 0 Å². The molecule has 0 aliphatic carbocycles. The smallest absolute Gasteiger partial charge is 0.223 e. The Hall–Kier alpha value is -1.26. The quantitative estimate of drug-likeness (QED) is 0.928. The number of nitrogens with zero attached hydrogens (tertiary/aromatic N) is 1. The molecule has 0 spiro atoms. The number of hydrogen-bond donors (Lipinski definition) is 1. The van der Waals surface area contributed by atoms with E-state index in [0.717, 1.165) is 30.9 Å². The second kappa shape index (κ2) is 8.25. The Labute approximate surface area is 133 Å². The Morgan fingerprint density at radius 2 is 2.19 bits per heavy atom. The van der Waals surface area contributed by atoms with Crippen LogP contribution < -0.4 is 10.1 Å². The third-order valence-corrected chi connectivity index (χ3v) is 3.97. The average molecular weight is 313 g/mol. The molecule has 21 heavy (non-hydrogen) atoms. The summed E-state index contributed by atoms with van der Waals surface area (Å²) in [5, 5.41) is 3.31. The molecular weight excluding hydrogens is 288 g/mol. The van der Waals surface area contributed by atoms with Gasteiger partial charge in [0.1, 0.15) is 5.75 Å². The van der Waals surface area contributed by atoms with Crippen molar-refractivity contribution in [2.75, 3.05) is 26.7 Å². The van der Waals surface area contributed by atoms with Gasteiger partial charge >= 0.3 is 0 Å². The van der Waals surface area contributed by atoms with Crippen LogP contribution in [0.25, 0.3) is 0 Å². The van der Waals surface area contributed by atoms with Gasteiger partial charge in [0, 0.05) is 32.1 Å². The standard InChI is InChI=1S/C16H24N2O2.ClH/c1-12(14-6-4-5-7-15(14)20-3)10-16(19)18-9-8-17-11-13(18)2;/h4-7,12-13,17H,8-11H2,1-3H3;1H. The van der Waals surface area contributed by atoms with Crippen molar-refractivity contribution in [3.8, 4) is 5.75 Å². The lowest BCUT2D eigenvalue weighted by molar-refractivity contribution is -0.134. The van der Waals surface area contributed by atoms with Crippen LogP contribution in [0.1, 0.15) is 31.7 Å². The van der Waals surface area contributed by atoms with Crippen molar-refractivity contribution in [2.45, 2.75) is 32.2 Å². The molecule has 5 heteroatoms. The van der Waals surface area contributed by atoms with E-state index < -0.39 is 0 Å². The molecule has 0 saturated carbocycles. The summed E-state index contributed by atoms with van der Waals surface area (Å²) in [5.41, 5.74) is 1.10. The van der Waals surface area contributed by atoms with Crippen LogP contribution in [0.5, 0.6) is 5.75 Å². The first-order valence-electron chi connectivity index (χ1n) is 7.26. The van der Waals surface area contributed by atoms with Gasteiger partial charge in [-0.25, -0.2) is 0 Å². The van der Waals surface area contributed by atoms with Gasteiger partial charge in [0.15, 0.2) is 0 Å². The number of amides is 1. The Balaban J connectivity index is 0.00000220. The zero-order valence-corrected chi connectivity index (χ0v) is 13.8. The van der Waals surface area contributed by atoms with Gasteiger partial charge in [-0.2, -0.15) is 0 Å². The first-order chi connectivity index (χ1) is 9.63. The van der Waals surface area contributed by atoms with Gasteiger partial charge in [0.2, 0.25) is 5.91 Å². The molecule has 0 radical (unpaired) electrons. The minimum Gasteiger partial charge on any atom is -0.496 e. The Bertz CT molecular complexity index is 467. The normalized spacial score (nSPS) is 19.6. The number of carbonyl (C=O) groups is 1. The molecule has 2 rings (SSSR count). The van der Waals surface area contributed by atoms with E-state index in [-0.39, 0.29) is 30.3 Å². The molecule has 1 N–H and O–H groups in total. The monoisotopic (exact) mass is 312 g/mol.